The summed E-state index contributed by atoms with van der Waals surface area (Å²) < 4.78 is 14.2. The van der Waals surface area contributed by atoms with Crippen molar-refractivity contribution < 1.29 is 9.47 Å². The molecule has 5 heteroatoms. The third-order valence-corrected chi connectivity index (χ3v) is 7.19. The Morgan fingerprint density at radius 1 is 1.05 bits per heavy atom. The monoisotopic (exact) mass is 303 g/mol. The highest BCUT2D eigenvalue weighted by Crippen LogP contribution is 2.15. The van der Waals surface area contributed by atoms with Crippen LogP contribution in [0.15, 0.2) is 0 Å². The molecule has 114 valence electrons. The lowest BCUT2D eigenvalue weighted by Crippen LogP contribution is -2.46. The molecular weight excluding hydrogens is 270 g/mol. The van der Waals surface area contributed by atoms with Crippen molar-refractivity contribution in [2.45, 2.75) is 65.2 Å². The Balaban J connectivity index is 4.06. The number of hydrogen-bond acceptors (Lipinski definition) is 3. The molecule has 3 nitrogen and oxygen atoms in total. The number of rotatable bonds is 11. The summed E-state index contributed by atoms with van der Waals surface area (Å²) in [5.41, 5.74) is -0.361. The predicted molar refractivity (Wildman–Crippen MR) is 87.4 cm³/mol. The molecule has 0 saturated heterocycles. The zero-order chi connectivity index (χ0) is 14.9. The van der Waals surface area contributed by atoms with E-state index in [9.17, 15) is 0 Å². The van der Waals surface area contributed by atoms with Crippen molar-refractivity contribution in [3.05, 3.63) is 0 Å². The quantitative estimate of drug-likeness (QED) is 0.332. The number of ether oxygens (including phenoxy) is 2. The summed E-state index contributed by atoms with van der Waals surface area (Å²) in [6.07, 6.45) is 1.24. The van der Waals surface area contributed by atoms with Crippen LogP contribution >= 0.6 is 0 Å². The van der Waals surface area contributed by atoms with Gasteiger partial charge >= 0.3 is 0 Å². The fourth-order valence-electron chi connectivity index (χ4n) is 2.25. The first-order chi connectivity index (χ1) is 8.79. The van der Waals surface area contributed by atoms with Gasteiger partial charge in [0.2, 0.25) is 0 Å². The van der Waals surface area contributed by atoms with E-state index in [1.54, 1.807) is 0 Å². The molecule has 19 heavy (non-hydrogen) atoms. The Morgan fingerprint density at radius 3 is 1.95 bits per heavy atom. The molecule has 0 aromatic rings. The molecule has 0 aliphatic carbocycles. The van der Waals surface area contributed by atoms with Crippen LogP contribution in [0, 0.1) is 0 Å². The van der Waals surface area contributed by atoms with Crippen molar-refractivity contribution in [2.75, 3.05) is 26.3 Å². The number of nitrogens with zero attached hydrogens (tertiary/aromatic N) is 1. The van der Waals surface area contributed by atoms with Gasteiger partial charge in [-0.3, -0.25) is 0 Å². The average molecular weight is 304 g/mol. The molecule has 0 aromatic carbocycles. The first-order valence-corrected chi connectivity index (χ1v) is 12.2. The Morgan fingerprint density at radius 2 is 1.58 bits per heavy atom. The van der Waals surface area contributed by atoms with Gasteiger partial charge in [-0.25, -0.2) is 0 Å². The van der Waals surface area contributed by atoms with Gasteiger partial charge in [-0.2, -0.15) is 0 Å². The average Bonchev–Trinajstić information content (AvgIpc) is 2.27. The van der Waals surface area contributed by atoms with Gasteiger partial charge in [0.25, 0.3) is 0 Å². The Labute approximate surface area is 124 Å². The van der Waals surface area contributed by atoms with Crippen molar-refractivity contribution in [3.63, 3.8) is 0 Å². The Kier molecular flexibility index (Phi) is 9.44. The SMILES string of the molecule is CCOC(C)(OCC)[Si]CCCN(CC)[Si](C)(C)C. The summed E-state index contributed by atoms with van der Waals surface area (Å²) in [5, 5.41) is 0. The topological polar surface area (TPSA) is 21.7 Å². The molecule has 0 heterocycles. The van der Waals surface area contributed by atoms with E-state index in [1.807, 2.05) is 13.8 Å². The molecule has 2 radical (unpaired) electrons. The van der Waals surface area contributed by atoms with Crippen molar-refractivity contribution in [3.8, 4) is 0 Å². The van der Waals surface area contributed by atoms with Crippen molar-refractivity contribution in [1.82, 2.24) is 4.57 Å². The standard InChI is InChI=1S/C14H33NO2Si2/c1-8-15(19(5,6)7)12-11-13-18-14(4,16-9-2)17-10-3/h8-13H2,1-7H3. The van der Waals surface area contributed by atoms with Crippen LogP contribution in [0.2, 0.25) is 25.7 Å². The minimum absolute atomic E-state index is 0.361. The number of hydrogen-bond donors (Lipinski definition) is 0. The van der Waals surface area contributed by atoms with Crippen LogP contribution in [0.3, 0.4) is 0 Å². The lowest BCUT2D eigenvalue weighted by molar-refractivity contribution is -0.163. The van der Waals surface area contributed by atoms with Gasteiger partial charge in [-0.1, -0.05) is 32.6 Å². The van der Waals surface area contributed by atoms with Crippen LogP contribution in [0.5, 0.6) is 0 Å². The van der Waals surface area contributed by atoms with E-state index >= 15 is 0 Å². The molecule has 0 fully saturated rings. The van der Waals surface area contributed by atoms with Gasteiger partial charge in [0, 0.05) is 13.2 Å². The molecule has 0 rings (SSSR count). The maximum atomic E-state index is 5.76. The zero-order valence-electron chi connectivity index (χ0n) is 14.0. The molecule has 0 aliphatic rings. The molecule has 0 N–H and O–H groups in total. The minimum atomic E-state index is -1.14. The summed E-state index contributed by atoms with van der Waals surface area (Å²) >= 11 is 0. The van der Waals surface area contributed by atoms with E-state index in [0.717, 1.165) is 22.7 Å². The highest BCUT2D eigenvalue weighted by molar-refractivity contribution is 6.73. The van der Waals surface area contributed by atoms with Gasteiger partial charge < -0.3 is 14.0 Å². The maximum absolute atomic E-state index is 5.76. The predicted octanol–water partition coefficient (Wildman–Crippen LogP) is 3.40. The second-order valence-corrected chi connectivity index (χ2v) is 12.6. The fraction of sp³-hybridized carbons (Fsp3) is 1.00. The first kappa shape index (κ1) is 19.3. The summed E-state index contributed by atoms with van der Waals surface area (Å²) in [4.78, 5) is 0. The molecular formula is C14H33NO2Si2. The second-order valence-electron chi connectivity index (χ2n) is 5.84. The Hall–Kier alpha value is 0.314. The smallest absolute Gasteiger partial charge is 0.144 e. The molecule has 0 spiro atoms. The lowest BCUT2D eigenvalue weighted by Gasteiger charge is -2.33. The van der Waals surface area contributed by atoms with Crippen LogP contribution in [0.1, 0.15) is 34.1 Å². The summed E-state index contributed by atoms with van der Waals surface area (Å²) in [5.74, 6) is 0. The van der Waals surface area contributed by atoms with E-state index < -0.39 is 8.24 Å². The van der Waals surface area contributed by atoms with Gasteiger partial charge in [-0.15, -0.1) is 0 Å². The van der Waals surface area contributed by atoms with Crippen LogP contribution in [-0.2, 0) is 9.47 Å². The summed E-state index contributed by atoms with van der Waals surface area (Å²) in [6, 6.07) is 1.19. The second kappa shape index (κ2) is 9.29. The highest BCUT2D eigenvalue weighted by Gasteiger charge is 2.26. The Bertz CT molecular complexity index is 226. The fourth-order valence-corrected chi connectivity index (χ4v) is 5.31. The van der Waals surface area contributed by atoms with E-state index in [2.05, 4.69) is 38.1 Å². The molecule has 0 bridgehead atoms. The van der Waals surface area contributed by atoms with Gasteiger partial charge in [-0.05, 0) is 40.3 Å². The zero-order valence-corrected chi connectivity index (χ0v) is 16.0. The van der Waals surface area contributed by atoms with Crippen LogP contribution in [-0.4, -0.2) is 54.0 Å². The van der Waals surface area contributed by atoms with E-state index in [-0.39, 0.29) is 5.41 Å². The minimum Gasteiger partial charge on any atom is -0.355 e. The molecule has 0 unspecified atom stereocenters. The van der Waals surface area contributed by atoms with E-state index in [1.165, 1.54) is 25.6 Å². The molecule has 0 atom stereocenters. The van der Waals surface area contributed by atoms with Gasteiger partial charge in [0.15, 0.2) is 0 Å². The normalized spacial score (nSPS) is 13.3. The molecule has 0 saturated carbocycles. The first-order valence-electron chi connectivity index (χ1n) is 7.57. The highest BCUT2D eigenvalue weighted by atomic mass is 28.3. The van der Waals surface area contributed by atoms with Crippen LogP contribution < -0.4 is 0 Å². The third kappa shape index (κ3) is 8.24. The molecule has 0 amide bonds. The largest absolute Gasteiger partial charge is 0.355 e. The summed E-state index contributed by atoms with van der Waals surface area (Å²) in [7, 11) is -0.420. The van der Waals surface area contributed by atoms with Crippen molar-refractivity contribution in [2.24, 2.45) is 0 Å². The van der Waals surface area contributed by atoms with Gasteiger partial charge in [0.05, 0.1) is 0 Å². The van der Waals surface area contributed by atoms with Crippen molar-refractivity contribution >= 4 is 17.8 Å². The van der Waals surface area contributed by atoms with Crippen LogP contribution in [0.4, 0.5) is 0 Å². The van der Waals surface area contributed by atoms with Crippen molar-refractivity contribution in [1.29, 1.82) is 0 Å². The summed E-state index contributed by atoms with van der Waals surface area (Å²) in [6.45, 7) is 19.5. The maximum Gasteiger partial charge on any atom is 0.144 e. The van der Waals surface area contributed by atoms with E-state index in [0.29, 0.717) is 0 Å². The molecule has 0 aliphatic heterocycles. The molecule has 0 aromatic heterocycles. The van der Waals surface area contributed by atoms with Gasteiger partial charge in [0.1, 0.15) is 23.2 Å². The van der Waals surface area contributed by atoms with E-state index in [4.69, 9.17) is 9.47 Å². The third-order valence-electron chi connectivity index (χ3n) is 3.22. The lowest BCUT2D eigenvalue weighted by atomic mass is 10.5. The van der Waals surface area contributed by atoms with Crippen LogP contribution in [0.25, 0.3) is 0 Å².